The van der Waals surface area contributed by atoms with E-state index in [1.54, 1.807) is 6.07 Å². The van der Waals surface area contributed by atoms with Crippen LogP contribution >= 0.6 is 11.3 Å². The van der Waals surface area contributed by atoms with E-state index in [0.29, 0.717) is 10.6 Å². The highest BCUT2D eigenvalue weighted by atomic mass is 32.1. The SMILES string of the molecule is CC.CNC1CCCNC1.Cc1cccc(-c2cc(NC(N)=O)c(C=O)s2)c1. The number of primary amides is 1. The van der Waals surface area contributed by atoms with Gasteiger partial charge in [-0.15, -0.1) is 11.3 Å². The maximum Gasteiger partial charge on any atom is 0.316 e. The first-order chi connectivity index (χ1) is 13.5. The number of benzene rings is 1. The topological polar surface area (TPSA) is 96.2 Å². The van der Waals surface area contributed by atoms with Gasteiger partial charge in [-0.25, -0.2) is 4.79 Å². The number of amides is 2. The van der Waals surface area contributed by atoms with Gasteiger partial charge in [0.05, 0.1) is 10.6 Å². The summed E-state index contributed by atoms with van der Waals surface area (Å²) < 4.78 is 0. The minimum absolute atomic E-state index is 0.457. The summed E-state index contributed by atoms with van der Waals surface area (Å²) in [5.41, 5.74) is 7.67. The second kappa shape index (κ2) is 13.0. The molecule has 7 heteroatoms. The molecule has 0 bridgehead atoms. The zero-order valence-electron chi connectivity index (χ0n) is 17.2. The average molecular weight is 405 g/mol. The molecule has 1 aromatic heterocycles. The van der Waals surface area contributed by atoms with E-state index < -0.39 is 6.03 Å². The van der Waals surface area contributed by atoms with Gasteiger partial charge >= 0.3 is 6.03 Å². The molecular formula is C21H32N4O2S. The maximum absolute atomic E-state index is 10.9. The first-order valence-electron chi connectivity index (χ1n) is 9.64. The fraction of sp³-hybridized carbons (Fsp3) is 0.429. The summed E-state index contributed by atoms with van der Waals surface area (Å²) in [6.07, 6.45) is 3.38. The Kier molecular flexibility index (Phi) is 11.1. The Morgan fingerprint density at radius 1 is 1.32 bits per heavy atom. The summed E-state index contributed by atoms with van der Waals surface area (Å²) in [5, 5.41) is 9.01. The van der Waals surface area contributed by atoms with Crippen LogP contribution in [0.2, 0.25) is 0 Å². The third-order valence-electron chi connectivity index (χ3n) is 4.13. The van der Waals surface area contributed by atoms with Gasteiger partial charge in [0.15, 0.2) is 6.29 Å². The Balaban J connectivity index is 0.000000327. The van der Waals surface area contributed by atoms with Crippen LogP contribution in [0.3, 0.4) is 0 Å². The number of carbonyl (C=O) groups excluding carboxylic acids is 2. The van der Waals surface area contributed by atoms with Crippen molar-refractivity contribution in [2.45, 2.75) is 39.7 Å². The van der Waals surface area contributed by atoms with E-state index in [4.69, 9.17) is 5.73 Å². The number of piperidine rings is 1. The van der Waals surface area contributed by atoms with Crippen LogP contribution in [0.15, 0.2) is 30.3 Å². The van der Waals surface area contributed by atoms with Gasteiger partial charge in [-0.3, -0.25) is 4.79 Å². The van der Waals surface area contributed by atoms with E-state index in [2.05, 4.69) is 16.0 Å². The summed E-state index contributed by atoms with van der Waals surface area (Å²) in [4.78, 5) is 23.2. The standard InChI is InChI=1S/C13H12N2O2S.C6H14N2.C2H6/c1-8-3-2-4-9(5-8)11-6-10(15-13(14)17)12(7-16)18-11;1-7-6-3-2-4-8-5-6;1-2/h2-7H,1H3,(H3,14,15,17);6-8H,2-5H2,1H3;1-2H3. The van der Waals surface area contributed by atoms with Gasteiger partial charge < -0.3 is 21.7 Å². The lowest BCUT2D eigenvalue weighted by Gasteiger charge is -2.21. The summed E-state index contributed by atoms with van der Waals surface area (Å²) in [6.45, 7) is 8.36. The highest BCUT2D eigenvalue weighted by Crippen LogP contribution is 2.34. The highest BCUT2D eigenvalue weighted by Gasteiger charge is 2.11. The summed E-state index contributed by atoms with van der Waals surface area (Å²) >= 11 is 1.32. The van der Waals surface area contributed by atoms with Crippen molar-refractivity contribution >= 4 is 29.3 Å². The minimum Gasteiger partial charge on any atom is -0.351 e. The number of aldehydes is 1. The predicted molar refractivity (Wildman–Crippen MR) is 119 cm³/mol. The minimum atomic E-state index is -0.674. The van der Waals surface area contributed by atoms with E-state index in [1.165, 1.54) is 30.7 Å². The van der Waals surface area contributed by atoms with Crippen LogP contribution in [-0.2, 0) is 0 Å². The number of urea groups is 1. The Morgan fingerprint density at radius 3 is 2.57 bits per heavy atom. The molecule has 0 aliphatic carbocycles. The molecular weight excluding hydrogens is 372 g/mol. The molecule has 2 amide bonds. The molecule has 0 spiro atoms. The average Bonchev–Trinajstić information content (AvgIpc) is 3.13. The van der Waals surface area contributed by atoms with Crippen molar-refractivity contribution in [1.82, 2.24) is 10.6 Å². The normalized spacial score (nSPS) is 15.4. The number of aryl methyl sites for hydroxylation is 1. The van der Waals surface area contributed by atoms with E-state index in [0.717, 1.165) is 34.9 Å². The van der Waals surface area contributed by atoms with Gasteiger partial charge in [0, 0.05) is 17.5 Å². The number of anilines is 1. The number of likely N-dealkylation sites (N-methyl/N-ethyl adjacent to an activating group) is 1. The van der Waals surface area contributed by atoms with E-state index in [-0.39, 0.29) is 0 Å². The molecule has 2 heterocycles. The third kappa shape index (κ3) is 7.80. The Hall–Kier alpha value is -2.22. The second-order valence-corrected chi connectivity index (χ2v) is 7.28. The lowest BCUT2D eigenvalue weighted by molar-refractivity contribution is 0.112. The Bertz CT molecular complexity index is 740. The van der Waals surface area contributed by atoms with Gasteiger partial charge in [0.2, 0.25) is 0 Å². The van der Waals surface area contributed by atoms with Crippen LogP contribution < -0.4 is 21.7 Å². The highest BCUT2D eigenvalue weighted by molar-refractivity contribution is 7.17. The maximum atomic E-state index is 10.9. The zero-order valence-corrected chi connectivity index (χ0v) is 18.0. The van der Waals surface area contributed by atoms with Crippen LogP contribution in [0.5, 0.6) is 0 Å². The van der Waals surface area contributed by atoms with Crippen LogP contribution in [0, 0.1) is 6.92 Å². The molecule has 1 atom stereocenters. The number of hydrogen-bond donors (Lipinski definition) is 4. The van der Waals surface area contributed by atoms with Gasteiger partial charge in [-0.2, -0.15) is 0 Å². The predicted octanol–water partition coefficient (Wildman–Crippen LogP) is 4.01. The molecule has 5 N–H and O–H groups in total. The van der Waals surface area contributed by atoms with Crippen molar-refractivity contribution in [3.05, 3.63) is 40.8 Å². The quantitative estimate of drug-likeness (QED) is 0.579. The van der Waals surface area contributed by atoms with E-state index in [9.17, 15) is 9.59 Å². The molecule has 154 valence electrons. The summed E-state index contributed by atoms with van der Waals surface area (Å²) in [5.74, 6) is 0. The lowest BCUT2D eigenvalue weighted by Crippen LogP contribution is -2.41. The number of nitrogens with two attached hydrogens (primary N) is 1. The van der Waals surface area contributed by atoms with E-state index in [1.807, 2.05) is 52.1 Å². The molecule has 3 rings (SSSR count). The van der Waals surface area contributed by atoms with Crippen LogP contribution in [0.4, 0.5) is 10.5 Å². The summed E-state index contributed by atoms with van der Waals surface area (Å²) in [6, 6.07) is 9.74. The van der Waals surface area contributed by atoms with Gasteiger partial charge in [0.1, 0.15) is 0 Å². The fourth-order valence-corrected chi connectivity index (χ4v) is 3.69. The summed E-state index contributed by atoms with van der Waals surface area (Å²) in [7, 11) is 2.03. The number of hydrogen-bond acceptors (Lipinski definition) is 5. The van der Waals surface area contributed by atoms with Crippen LogP contribution in [0.1, 0.15) is 41.9 Å². The lowest BCUT2D eigenvalue weighted by atomic mass is 10.1. The number of rotatable bonds is 4. The first-order valence-corrected chi connectivity index (χ1v) is 10.5. The third-order valence-corrected chi connectivity index (χ3v) is 5.24. The Morgan fingerprint density at radius 2 is 2.07 bits per heavy atom. The molecule has 1 aliphatic rings. The molecule has 2 aromatic rings. The molecule has 28 heavy (non-hydrogen) atoms. The van der Waals surface area contributed by atoms with Crippen LogP contribution in [0.25, 0.3) is 10.4 Å². The Labute approximate surface area is 171 Å². The molecule has 1 aromatic carbocycles. The van der Waals surface area contributed by atoms with Crippen molar-refractivity contribution in [2.24, 2.45) is 5.73 Å². The molecule has 0 radical (unpaired) electrons. The molecule has 1 unspecified atom stereocenters. The van der Waals surface area contributed by atoms with Gasteiger partial charge in [-0.1, -0.05) is 43.7 Å². The van der Waals surface area contributed by atoms with Crippen molar-refractivity contribution in [3.8, 4) is 10.4 Å². The molecule has 1 saturated heterocycles. The number of carbonyl (C=O) groups is 2. The number of thiophene rings is 1. The molecule has 1 aliphatic heterocycles. The van der Waals surface area contributed by atoms with Crippen LogP contribution in [-0.4, -0.2) is 38.5 Å². The zero-order chi connectivity index (χ0) is 20.9. The van der Waals surface area contributed by atoms with Gasteiger partial charge in [0.25, 0.3) is 0 Å². The van der Waals surface area contributed by atoms with Gasteiger partial charge in [-0.05, 0) is 45.0 Å². The first kappa shape index (κ1) is 23.8. The van der Waals surface area contributed by atoms with Crippen molar-refractivity contribution in [3.63, 3.8) is 0 Å². The molecule has 1 fully saturated rings. The smallest absolute Gasteiger partial charge is 0.316 e. The molecule has 6 nitrogen and oxygen atoms in total. The second-order valence-electron chi connectivity index (χ2n) is 6.20. The van der Waals surface area contributed by atoms with E-state index >= 15 is 0 Å². The van der Waals surface area contributed by atoms with Crippen molar-refractivity contribution in [2.75, 3.05) is 25.5 Å². The van der Waals surface area contributed by atoms with Crippen molar-refractivity contribution in [1.29, 1.82) is 0 Å². The monoisotopic (exact) mass is 404 g/mol. The largest absolute Gasteiger partial charge is 0.351 e. The molecule has 0 saturated carbocycles. The van der Waals surface area contributed by atoms with Crippen molar-refractivity contribution < 1.29 is 9.59 Å². The fourth-order valence-electron chi connectivity index (χ4n) is 2.76. The number of nitrogens with one attached hydrogen (secondary N) is 3.